The Labute approximate surface area is 169 Å². The van der Waals surface area contributed by atoms with Gasteiger partial charge in [0.2, 0.25) is 0 Å². The van der Waals surface area contributed by atoms with Crippen LogP contribution in [0.4, 0.5) is 14.5 Å². The van der Waals surface area contributed by atoms with Crippen molar-refractivity contribution >= 4 is 28.5 Å². The predicted octanol–water partition coefficient (Wildman–Crippen LogP) is 4.39. The molecule has 29 heavy (non-hydrogen) atoms. The lowest BCUT2D eigenvalue weighted by Gasteiger charge is -2.12. The zero-order valence-electron chi connectivity index (χ0n) is 15.9. The molecule has 0 radical (unpaired) electrons. The maximum Gasteiger partial charge on any atom is 0.273 e. The van der Waals surface area contributed by atoms with Crippen LogP contribution in [-0.2, 0) is 13.0 Å². The lowest BCUT2D eigenvalue weighted by Crippen LogP contribution is -2.05. The zero-order valence-corrected chi connectivity index (χ0v) is 16.7. The first-order valence-electron chi connectivity index (χ1n) is 8.68. The van der Waals surface area contributed by atoms with Gasteiger partial charge in [-0.25, -0.2) is 18.4 Å². The quantitative estimate of drug-likeness (QED) is 0.470. The minimum absolute atomic E-state index is 0.157. The fraction of sp³-hybridized carbons (Fsp3) is 0.211. The second-order valence-electron chi connectivity index (χ2n) is 6.47. The van der Waals surface area contributed by atoms with Crippen molar-refractivity contribution in [1.29, 1.82) is 0 Å². The monoisotopic (exact) mass is 416 g/mol. The van der Waals surface area contributed by atoms with Gasteiger partial charge in [0, 0.05) is 36.6 Å². The molecule has 150 valence electrons. The van der Waals surface area contributed by atoms with E-state index in [4.69, 9.17) is 4.74 Å². The van der Waals surface area contributed by atoms with Gasteiger partial charge in [0.15, 0.2) is 5.82 Å². The second-order valence-corrected chi connectivity index (χ2v) is 7.35. The van der Waals surface area contributed by atoms with Crippen molar-refractivity contribution in [3.63, 3.8) is 0 Å². The number of rotatable bonds is 6. The van der Waals surface area contributed by atoms with Crippen LogP contribution in [0.3, 0.4) is 0 Å². The number of aromatic nitrogens is 5. The Morgan fingerprint density at radius 2 is 1.93 bits per heavy atom. The summed E-state index contributed by atoms with van der Waals surface area (Å²) in [6.45, 7) is 0.838. The summed E-state index contributed by atoms with van der Waals surface area (Å²) in [5.41, 5.74) is 1.57. The third-order valence-corrected chi connectivity index (χ3v) is 5.18. The zero-order chi connectivity index (χ0) is 20.6. The van der Waals surface area contributed by atoms with Crippen molar-refractivity contribution in [2.45, 2.75) is 17.7 Å². The van der Waals surface area contributed by atoms with E-state index in [1.165, 1.54) is 22.8 Å². The van der Waals surface area contributed by atoms with E-state index in [1.54, 1.807) is 30.3 Å². The van der Waals surface area contributed by atoms with Crippen molar-refractivity contribution in [2.24, 2.45) is 7.05 Å². The lowest BCUT2D eigenvalue weighted by molar-refractivity contribution is 0.0174. The third-order valence-electron chi connectivity index (χ3n) is 4.40. The van der Waals surface area contributed by atoms with Gasteiger partial charge in [0.05, 0.1) is 30.6 Å². The molecule has 0 atom stereocenters. The number of alkyl halides is 2. The molecule has 0 spiro atoms. The molecule has 0 saturated heterocycles. The molecule has 0 bridgehead atoms. The Bertz CT molecular complexity index is 1150. The number of nitrogens with one attached hydrogen (secondary N) is 1. The van der Waals surface area contributed by atoms with E-state index < -0.39 is 5.92 Å². The first-order valence-corrected chi connectivity index (χ1v) is 9.49. The Hall–Kier alpha value is -3.14. The van der Waals surface area contributed by atoms with Crippen LogP contribution in [0.15, 0.2) is 53.9 Å². The number of aryl methyl sites for hydroxylation is 1. The molecule has 3 aromatic heterocycles. The topological polar surface area (TPSA) is 69.8 Å². The molecular weight excluding hydrogens is 398 g/mol. The minimum atomic E-state index is -2.94. The van der Waals surface area contributed by atoms with Gasteiger partial charge in [0.1, 0.15) is 11.4 Å². The molecule has 4 rings (SSSR count). The maximum absolute atomic E-state index is 13.4. The molecule has 7 nitrogen and oxygen atoms in total. The summed E-state index contributed by atoms with van der Waals surface area (Å²) in [7, 11) is 3.48. The van der Waals surface area contributed by atoms with Gasteiger partial charge < -0.3 is 9.46 Å². The van der Waals surface area contributed by atoms with Crippen LogP contribution in [0.1, 0.15) is 12.5 Å². The highest BCUT2D eigenvalue weighted by Crippen LogP contribution is 2.36. The standard InChI is InChI=1S/C19H18F2N6OS/c1-19(20,21)13-9-24-27(11-13)16-7-5-14(10-22-16)29-25-17-15(28-3)6-4-12-8-23-26(2)18(12)17/h4-11,25H,1-3H3. The van der Waals surface area contributed by atoms with E-state index in [9.17, 15) is 8.78 Å². The molecule has 1 N–H and O–H groups in total. The minimum Gasteiger partial charge on any atom is -0.494 e. The van der Waals surface area contributed by atoms with Crippen molar-refractivity contribution in [1.82, 2.24) is 24.5 Å². The fourth-order valence-corrected chi connectivity index (χ4v) is 3.53. The van der Waals surface area contributed by atoms with Crippen LogP contribution in [0, 0.1) is 0 Å². The van der Waals surface area contributed by atoms with Crippen LogP contribution in [-0.4, -0.2) is 31.7 Å². The summed E-state index contributed by atoms with van der Waals surface area (Å²) in [6, 6.07) is 7.39. The van der Waals surface area contributed by atoms with E-state index >= 15 is 0 Å². The molecule has 1 aromatic carbocycles. The molecule has 0 saturated carbocycles. The predicted molar refractivity (Wildman–Crippen MR) is 108 cm³/mol. The van der Waals surface area contributed by atoms with Crippen LogP contribution in [0.25, 0.3) is 16.7 Å². The van der Waals surface area contributed by atoms with Gasteiger partial charge >= 0.3 is 0 Å². The summed E-state index contributed by atoms with van der Waals surface area (Å²) >= 11 is 1.36. The Morgan fingerprint density at radius 3 is 2.59 bits per heavy atom. The van der Waals surface area contributed by atoms with Crippen LogP contribution >= 0.6 is 11.9 Å². The van der Waals surface area contributed by atoms with E-state index in [2.05, 4.69) is 19.9 Å². The normalized spacial score (nSPS) is 11.8. The summed E-state index contributed by atoms with van der Waals surface area (Å²) in [5.74, 6) is -1.79. The summed E-state index contributed by atoms with van der Waals surface area (Å²) in [4.78, 5) is 5.15. The van der Waals surface area contributed by atoms with E-state index in [0.29, 0.717) is 11.6 Å². The van der Waals surface area contributed by atoms with Gasteiger partial charge in [-0.3, -0.25) is 4.68 Å². The lowest BCUT2D eigenvalue weighted by atomic mass is 10.2. The number of fused-ring (bicyclic) bond motifs is 1. The molecule has 0 fully saturated rings. The molecule has 0 aliphatic carbocycles. The summed E-state index contributed by atoms with van der Waals surface area (Å²) < 4.78 is 38.6. The largest absolute Gasteiger partial charge is 0.494 e. The Balaban J connectivity index is 1.54. The van der Waals surface area contributed by atoms with Crippen molar-refractivity contribution in [3.05, 3.63) is 54.6 Å². The summed E-state index contributed by atoms with van der Waals surface area (Å²) in [6.07, 6.45) is 5.86. The Kier molecular flexibility index (Phi) is 4.87. The molecule has 0 unspecified atom stereocenters. The number of ether oxygens (including phenoxy) is 1. The molecule has 3 heterocycles. The summed E-state index contributed by atoms with van der Waals surface area (Å²) in [5, 5.41) is 9.24. The van der Waals surface area contributed by atoms with Crippen LogP contribution in [0.5, 0.6) is 5.75 Å². The van der Waals surface area contributed by atoms with Crippen LogP contribution < -0.4 is 9.46 Å². The number of halogens is 2. The van der Waals surface area contributed by atoms with Crippen molar-refractivity contribution in [3.8, 4) is 11.6 Å². The molecule has 10 heteroatoms. The second kappa shape index (κ2) is 7.36. The van der Waals surface area contributed by atoms with Gasteiger partial charge in [-0.1, -0.05) is 0 Å². The smallest absolute Gasteiger partial charge is 0.273 e. The number of methoxy groups -OCH3 is 1. The Morgan fingerprint density at radius 1 is 1.10 bits per heavy atom. The van der Waals surface area contributed by atoms with Crippen molar-refractivity contribution < 1.29 is 13.5 Å². The molecule has 0 aliphatic heterocycles. The number of nitrogens with zero attached hydrogens (tertiary/aromatic N) is 5. The average molecular weight is 416 g/mol. The van der Waals surface area contributed by atoms with Gasteiger partial charge in [-0.15, -0.1) is 0 Å². The number of hydrogen-bond donors (Lipinski definition) is 1. The third kappa shape index (κ3) is 3.75. The SMILES string of the molecule is COc1ccc2cnn(C)c2c1NSc1ccc(-n2cc(C(C)(F)F)cn2)nc1. The van der Waals surface area contributed by atoms with E-state index in [0.717, 1.165) is 34.6 Å². The van der Waals surface area contributed by atoms with Gasteiger partial charge in [-0.05, 0) is 36.2 Å². The van der Waals surface area contributed by atoms with Gasteiger partial charge in [-0.2, -0.15) is 10.2 Å². The number of hydrogen-bond acceptors (Lipinski definition) is 6. The number of benzene rings is 1. The maximum atomic E-state index is 13.4. The molecular formula is C19H18F2N6OS. The van der Waals surface area contributed by atoms with Crippen LogP contribution in [0.2, 0.25) is 0 Å². The molecule has 4 aromatic rings. The number of anilines is 1. The highest BCUT2D eigenvalue weighted by atomic mass is 32.2. The van der Waals surface area contributed by atoms with E-state index in [1.807, 2.05) is 25.2 Å². The molecule has 0 aliphatic rings. The first kappa shape index (κ1) is 19.2. The fourth-order valence-electron chi connectivity index (χ4n) is 2.87. The molecule has 0 amide bonds. The first-order chi connectivity index (χ1) is 13.9. The number of pyridine rings is 1. The van der Waals surface area contributed by atoms with Gasteiger partial charge in [0.25, 0.3) is 5.92 Å². The highest BCUT2D eigenvalue weighted by Gasteiger charge is 2.26. The van der Waals surface area contributed by atoms with Crippen molar-refractivity contribution in [2.75, 3.05) is 11.8 Å². The average Bonchev–Trinajstić information content (AvgIpc) is 3.34. The highest BCUT2D eigenvalue weighted by molar-refractivity contribution is 8.00. The van der Waals surface area contributed by atoms with E-state index in [-0.39, 0.29) is 5.56 Å².